The molecule has 0 saturated carbocycles. The van der Waals surface area contributed by atoms with Crippen molar-refractivity contribution in [2.24, 2.45) is 0 Å². The number of benzene rings is 1. The number of rotatable bonds is 4. The quantitative estimate of drug-likeness (QED) is 0.484. The molecular formula is C26H29ClN4O5. The lowest BCUT2D eigenvalue weighted by molar-refractivity contribution is -0.142. The number of ether oxygens (including phenoxy) is 2. The van der Waals surface area contributed by atoms with Crippen LogP contribution >= 0.6 is 11.6 Å². The van der Waals surface area contributed by atoms with Gasteiger partial charge in [-0.25, -0.2) is 4.79 Å². The number of halogens is 1. The van der Waals surface area contributed by atoms with Gasteiger partial charge in [-0.15, -0.1) is 0 Å². The minimum absolute atomic E-state index is 0.0721. The summed E-state index contributed by atoms with van der Waals surface area (Å²) in [6, 6.07) is 12.5. The molecule has 0 N–H and O–H groups in total. The Morgan fingerprint density at radius 2 is 1.81 bits per heavy atom. The Balaban J connectivity index is 1.67. The summed E-state index contributed by atoms with van der Waals surface area (Å²) >= 11 is 6.81. The van der Waals surface area contributed by atoms with Crippen molar-refractivity contribution in [1.29, 1.82) is 0 Å². The molecule has 10 heteroatoms. The average molecular weight is 513 g/mol. The van der Waals surface area contributed by atoms with Crippen molar-refractivity contribution in [3.63, 3.8) is 0 Å². The summed E-state index contributed by atoms with van der Waals surface area (Å²) in [6.45, 7) is 5.89. The van der Waals surface area contributed by atoms with Crippen molar-refractivity contribution in [3.05, 3.63) is 59.4 Å². The first-order valence-electron chi connectivity index (χ1n) is 11.7. The Bertz CT molecular complexity index is 1280. The van der Waals surface area contributed by atoms with Crippen LogP contribution in [0.25, 0.3) is 16.7 Å². The molecule has 0 radical (unpaired) electrons. The minimum atomic E-state index is -0.696. The third kappa shape index (κ3) is 5.16. The lowest BCUT2D eigenvalue weighted by atomic mass is 10.1. The van der Waals surface area contributed by atoms with E-state index in [2.05, 4.69) is 4.98 Å². The SMILES string of the molecule is COC(=O)CC1CN(C(=O)c2c(Cl)n(-c3ccccc3)c3cccnc23)CCN1C(=O)OC(C)(C)C. The van der Waals surface area contributed by atoms with Crippen LogP contribution in [-0.2, 0) is 14.3 Å². The van der Waals surface area contributed by atoms with Crippen molar-refractivity contribution in [2.75, 3.05) is 26.7 Å². The second kappa shape index (κ2) is 10.2. The van der Waals surface area contributed by atoms with Crippen LogP contribution in [0.2, 0.25) is 5.15 Å². The average Bonchev–Trinajstić information content (AvgIpc) is 3.14. The molecule has 1 saturated heterocycles. The van der Waals surface area contributed by atoms with Gasteiger partial charge in [-0.2, -0.15) is 0 Å². The van der Waals surface area contributed by atoms with Crippen LogP contribution in [0.5, 0.6) is 0 Å². The van der Waals surface area contributed by atoms with E-state index < -0.39 is 23.7 Å². The number of para-hydroxylation sites is 1. The van der Waals surface area contributed by atoms with Gasteiger partial charge in [0, 0.05) is 31.5 Å². The van der Waals surface area contributed by atoms with Crippen LogP contribution in [0.15, 0.2) is 48.7 Å². The molecule has 2 aromatic heterocycles. The van der Waals surface area contributed by atoms with E-state index in [4.69, 9.17) is 21.1 Å². The van der Waals surface area contributed by atoms with E-state index in [1.54, 1.807) is 42.5 Å². The molecule has 0 aliphatic carbocycles. The Morgan fingerprint density at radius 3 is 2.47 bits per heavy atom. The van der Waals surface area contributed by atoms with Gasteiger partial charge < -0.3 is 19.3 Å². The van der Waals surface area contributed by atoms with Gasteiger partial charge in [-0.05, 0) is 45.0 Å². The molecule has 2 amide bonds. The molecule has 190 valence electrons. The van der Waals surface area contributed by atoms with Crippen molar-refractivity contribution >= 4 is 40.6 Å². The maximum atomic E-state index is 13.8. The predicted molar refractivity (Wildman–Crippen MR) is 135 cm³/mol. The predicted octanol–water partition coefficient (Wildman–Crippen LogP) is 4.30. The number of hydrogen-bond acceptors (Lipinski definition) is 6. The lowest BCUT2D eigenvalue weighted by Crippen LogP contribution is -2.58. The zero-order chi connectivity index (χ0) is 26.0. The Labute approximate surface area is 214 Å². The van der Waals surface area contributed by atoms with E-state index in [-0.39, 0.29) is 42.7 Å². The summed E-state index contributed by atoms with van der Waals surface area (Å²) in [7, 11) is 1.29. The normalized spacial score (nSPS) is 16.2. The van der Waals surface area contributed by atoms with Crippen molar-refractivity contribution in [3.8, 4) is 5.69 Å². The first kappa shape index (κ1) is 25.5. The summed E-state index contributed by atoms with van der Waals surface area (Å²) in [5.74, 6) is -0.805. The van der Waals surface area contributed by atoms with E-state index in [1.165, 1.54) is 12.0 Å². The number of pyridine rings is 1. The summed E-state index contributed by atoms with van der Waals surface area (Å²) in [6.07, 6.45) is 1.01. The number of methoxy groups -OCH3 is 1. The van der Waals surface area contributed by atoms with E-state index in [0.29, 0.717) is 11.0 Å². The fraction of sp³-hybridized carbons (Fsp3) is 0.385. The van der Waals surface area contributed by atoms with Crippen LogP contribution in [0, 0.1) is 0 Å². The summed E-state index contributed by atoms with van der Waals surface area (Å²) in [5.41, 5.74) is 1.57. The third-order valence-electron chi connectivity index (χ3n) is 5.92. The van der Waals surface area contributed by atoms with Crippen LogP contribution in [-0.4, -0.2) is 75.7 Å². The van der Waals surface area contributed by atoms with Crippen molar-refractivity contribution in [2.45, 2.75) is 38.8 Å². The molecule has 1 atom stereocenters. The fourth-order valence-electron chi connectivity index (χ4n) is 4.31. The molecule has 0 bridgehead atoms. The molecule has 1 aromatic carbocycles. The standard InChI is InChI=1S/C26H29ClN4O5/c1-26(2,3)36-25(34)30-14-13-29(16-18(30)15-20(32)35-4)24(33)21-22-19(11-8-12-28-22)31(23(21)27)17-9-6-5-7-10-17/h5-12,18H,13-16H2,1-4H3. The monoisotopic (exact) mass is 512 g/mol. The van der Waals surface area contributed by atoms with Crippen molar-refractivity contribution in [1.82, 2.24) is 19.4 Å². The molecule has 9 nitrogen and oxygen atoms in total. The van der Waals surface area contributed by atoms with Crippen LogP contribution in [0.4, 0.5) is 4.79 Å². The van der Waals surface area contributed by atoms with Crippen LogP contribution in [0.3, 0.4) is 0 Å². The number of esters is 1. The van der Waals surface area contributed by atoms with Gasteiger partial charge in [0.2, 0.25) is 0 Å². The molecule has 1 fully saturated rings. The molecule has 3 aromatic rings. The number of hydrogen-bond donors (Lipinski definition) is 0. The highest BCUT2D eigenvalue weighted by atomic mass is 35.5. The number of fused-ring (bicyclic) bond motifs is 1. The number of amides is 2. The zero-order valence-corrected chi connectivity index (χ0v) is 21.5. The number of carbonyl (C=O) groups excluding carboxylic acids is 3. The maximum absolute atomic E-state index is 13.8. The Morgan fingerprint density at radius 1 is 1.08 bits per heavy atom. The highest BCUT2D eigenvalue weighted by Crippen LogP contribution is 2.33. The molecule has 1 aliphatic heterocycles. The molecular weight excluding hydrogens is 484 g/mol. The number of carbonyl (C=O) groups is 3. The summed E-state index contributed by atoms with van der Waals surface area (Å²) < 4.78 is 12.2. The maximum Gasteiger partial charge on any atom is 0.410 e. The van der Waals surface area contributed by atoms with Gasteiger partial charge in [0.05, 0.1) is 25.1 Å². The molecule has 3 heterocycles. The number of aromatic nitrogens is 2. The number of nitrogens with zero attached hydrogens (tertiary/aromatic N) is 4. The van der Waals surface area contributed by atoms with Gasteiger partial charge in [0.25, 0.3) is 5.91 Å². The highest BCUT2D eigenvalue weighted by Gasteiger charge is 2.38. The first-order chi connectivity index (χ1) is 17.1. The summed E-state index contributed by atoms with van der Waals surface area (Å²) in [5, 5.41) is 0.249. The van der Waals surface area contributed by atoms with E-state index in [9.17, 15) is 14.4 Å². The van der Waals surface area contributed by atoms with Gasteiger partial charge in [0.15, 0.2) is 0 Å². The highest BCUT2D eigenvalue weighted by molar-refractivity contribution is 6.35. The van der Waals surface area contributed by atoms with E-state index in [0.717, 1.165) is 5.69 Å². The van der Waals surface area contributed by atoms with Gasteiger partial charge in [0.1, 0.15) is 21.8 Å². The first-order valence-corrected chi connectivity index (χ1v) is 12.0. The second-order valence-corrected chi connectivity index (χ2v) is 9.92. The Kier molecular flexibility index (Phi) is 7.21. The van der Waals surface area contributed by atoms with Crippen molar-refractivity contribution < 1.29 is 23.9 Å². The summed E-state index contributed by atoms with van der Waals surface area (Å²) in [4.78, 5) is 46.3. The molecule has 0 spiro atoms. The minimum Gasteiger partial charge on any atom is -0.469 e. The fourth-order valence-corrected chi connectivity index (χ4v) is 4.67. The van der Waals surface area contributed by atoms with E-state index in [1.807, 2.05) is 36.4 Å². The van der Waals surface area contributed by atoms with E-state index >= 15 is 0 Å². The molecule has 1 unspecified atom stereocenters. The second-order valence-electron chi connectivity index (χ2n) is 9.57. The smallest absolute Gasteiger partial charge is 0.410 e. The lowest BCUT2D eigenvalue weighted by Gasteiger charge is -2.41. The largest absolute Gasteiger partial charge is 0.469 e. The Hall–Kier alpha value is -3.59. The van der Waals surface area contributed by atoms with Gasteiger partial charge in [-0.3, -0.25) is 19.1 Å². The van der Waals surface area contributed by atoms with Gasteiger partial charge >= 0.3 is 12.1 Å². The number of piperazine rings is 1. The van der Waals surface area contributed by atoms with Crippen LogP contribution < -0.4 is 0 Å². The third-order valence-corrected chi connectivity index (χ3v) is 6.28. The molecule has 4 rings (SSSR count). The topological polar surface area (TPSA) is 94.0 Å². The van der Waals surface area contributed by atoms with Crippen LogP contribution in [0.1, 0.15) is 37.6 Å². The molecule has 36 heavy (non-hydrogen) atoms. The van der Waals surface area contributed by atoms with Gasteiger partial charge in [-0.1, -0.05) is 29.8 Å². The zero-order valence-electron chi connectivity index (χ0n) is 20.7. The molecule has 1 aliphatic rings.